The van der Waals surface area contributed by atoms with Crippen molar-refractivity contribution < 1.29 is 39.8 Å². The van der Waals surface area contributed by atoms with Crippen molar-refractivity contribution in [2.24, 2.45) is 0 Å². The number of hydrogen-bond acceptors (Lipinski definition) is 8. The van der Waals surface area contributed by atoms with E-state index in [1.807, 2.05) is 6.08 Å². The van der Waals surface area contributed by atoms with Gasteiger partial charge < -0.3 is 40.3 Å². The molecule has 7 atom stereocenters. The summed E-state index contributed by atoms with van der Waals surface area (Å²) in [6, 6.07) is -0.834. The number of amides is 1. The summed E-state index contributed by atoms with van der Waals surface area (Å²) in [7, 11) is 0. The summed E-state index contributed by atoms with van der Waals surface area (Å²) in [6.45, 7) is 3.67. The Hall–Kier alpha value is -3.15. The zero-order valence-corrected chi connectivity index (χ0v) is 56.2. The van der Waals surface area contributed by atoms with Crippen LogP contribution in [0.4, 0.5) is 0 Å². The summed E-state index contributed by atoms with van der Waals surface area (Å²) in [5.74, 6) is -0.189. The van der Waals surface area contributed by atoms with Crippen molar-refractivity contribution in [1.29, 1.82) is 0 Å². The van der Waals surface area contributed by atoms with Crippen LogP contribution in [0.15, 0.2) is 109 Å². The summed E-state index contributed by atoms with van der Waals surface area (Å²) in [5.41, 5.74) is 0. The number of rotatable bonds is 63. The van der Waals surface area contributed by atoms with Crippen molar-refractivity contribution in [2.45, 2.75) is 365 Å². The second-order valence-electron chi connectivity index (χ2n) is 25.0. The maximum atomic E-state index is 13.1. The average molecular weight is 1220 g/mol. The average Bonchev–Trinajstić information content (AvgIpc) is 3.38. The fraction of sp³-hybridized carbons (Fsp3) is 0.756. The first-order valence-corrected chi connectivity index (χ1v) is 36.6. The highest BCUT2D eigenvalue weighted by molar-refractivity contribution is 5.76. The Bertz CT molecular complexity index is 1750. The van der Waals surface area contributed by atoms with Gasteiger partial charge in [-0.25, -0.2) is 0 Å². The number of carbonyl (C=O) groups is 1. The normalized spacial score (nSPS) is 18.6. The molecule has 0 bridgehead atoms. The van der Waals surface area contributed by atoms with Crippen LogP contribution in [-0.4, -0.2) is 87.5 Å². The molecule has 0 aromatic heterocycles. The minimum atomic E-state index is -1.58. The van der Waals surface area contributed by atoms with E-state index in [1.54, 1.807) is 6.08 Å². The first-order chi connectivity index (χ1) is 42.8. The van der Waals surface area contributed by atoms with Crippen LogP contribution < -0.4 is 5.32 Å². The van der Waals surface area contributed by atoms with Gasteiger partial charge in [0.1, 0.15) is 24.4 Å². The Kier molecular flexibility index (Phi) is 61.9. The predicted octanol–water partition coefficient (Wildman–Crippen LogP) is 20.4. The first kappa shape index (κ1) is 81.9. The maximum Gasteiger partial charge on any atom is 0.220 e. The Labute approximate surface area is 536 Å². The van der Waals surface area contributed by atoms with Gasteiger partial charge in [0.05, 0.1) is 25.4 Å². The van der Waals surface area contributed by atoms with E-state index in [1.165, 1.54) is 218 Å². The number of aliphatic hydroxyl groups excluding tert-OH is 5. The largest absolute Gasteiger partial charge is 0.394 e. The molecule has 6 N–H and O–H groups in total. The molecular weight excluding hydrogens is 1080 g/mol. The van der Waals surface area contributed by atoms with E-state index in [0.717, 1.165) is 83.5 Å². The lowest BCUT2D eigenvalue weighted by molar-refractivity contribution is -0.302. The Morgan fingerprint density at radius 2 is 0.724 bits per heavy atom. The van der Waals surface area contributed by atoms with Gasteiger partial charge >= 0.3 is 0 Å². The minimum Gasteiger partial charge on any atom is -0.394 e. The quantitative estimate of drug-likeness (QED) is 0.0261. The zero-order chi connectivity index (χ0) is 62.8. The molecule has 502 valence electrons. The molecule has 1 aliphatic heterocycles. The van der Waals surface area contributed by atoms with Crippen molar-refractivity contribution in [3.05, 3.63) is 109 Å². The fourth-order valence-electron chi connectivity index (χ4n) is 11.1. The molecule has 9 nitrogen and oxygen atoms in total. The molecule has 1 aliphatic rings. The number of aliphatic hydroxyl groups is 5. The molecule has 0 aromatic rings. The number of ether oxygens (including phenoxy) is 2. The maximum absolute atomic E-state index is 13.1. The van der Waals surface area contributed by atoms with Crippen molar-refractivity contribution >= 4 is 5.91 Å². The van der Waals surface area contributed by atoms with Gasteiger partial charge in [-0.3, -0.25) is 4.79 Å². The molecule has 9 heteroatoms. The molecule has 1 fully saturated rings. The molecule has 1 rings (SSSR count). The van der Waals surface area contributed by atoms with E-state index in [0.29, 0.717) is 6.42 Å². The topological polar surface area (TPSA) is 149 Å². The molecule has 7 unspecified atom stereocenters. The van der Waals surface area contributed by atoms with Gasteiger partial charge in [-0.15, -0.1) is 0 Å². The predicted molar refractivity (Wildman–Crippen MR) is 373 cm³/mol. The lowest BCUT2D eigenvalue weighted by Crippen LogP contribution is -2.60. The van der Waals surface area contributed by atoms with Gasteiger partial charge in [0.25, 0.3) is 0 Å². The van der Waals surface area contributed by atoms with Crippen LogP contribution in [0.3, 0.4) is 0 Å². The van der Waals surface area contributed by atoms with Crippen LogP contribution in [0.5, 0.6) is 0 Å². The molecule has 87 heavy (non-hydrogen) atoms. The summed E-state index contributed by atoms with van der Waals surface area (Å²) in [6.07, 6.45) is 90.6. The van der Waals surface area contributed by atoms with Crippen LogP contribution in [-0.2, 0) is 14.3 Å². The van der Waals surface area contributed by atoms with Crippen LogP contribution in [0.25, 0.3) is 0 Å². The summed E-state index contributed by atoms with van der Waals surface area (Å²) in [5, 5.41) is 54.8. The number of carbonyl (C=O) groups excluding carboxylic acids is 1. The van der Waals surface area contributed by atoms with Gasteiger partial charge in [-0.2, -0.15) is 0 Å². The summed E-state index contributed by atoms with van der Waals surface area (Å²) >= 11 is 0. The highest BCUT2D eigenvalue weighted by atomic mass is 16.7. The molecule has 0 saturated carbocycles. The summed E-state index contributed by atoms with van der Waals surface area (Å²) in [4.78, 5) is 13.1. The second kappa shape index (κ2) is 65.8. The van der Waals surface area contributed by atoms with Crippen molar-refractivity contribution in [3.63, 3.8) is 0 Å². The third kappa shape index (κ3) is 54.3. The monoisotopic (exact) mass is 1220 g/mol. The van der Waals surface area contributed by atoms with E-state index >= 15 is 0 Å². The fourth-order valence-corrected chi connectivity index (χ4v) is 11.1. The number of nitrogens with one attached hydrogen (secondary N) is 1. The van der Waals surface area contributed by atoms with Gasteiger partial charge in [-0.05, 0) is 96.3 Å². The third-order valence-electron chi connectivity index (χ3n) is 16.8. The van der Waals surface area contributed by atoms with Crippen LogP contribution in [0, 0.1) is 0 Å². The smallest absolute Gasteiger partial charge is 0.220 e. The van der Waals surface area contributed by atoms with Crippen LogP contribution >= 0.6 is 0 Å². The van der Waals surface area contributed by atoms with E-state index in [2.05, 4.69) is 116 Å². The number of hydrogen-bond donors (Lipinski definition) is 6. The number of allylic oxidation sites excluding steroid dienone is 17. The Morgan fingerprint density at radius 3 is 1.10 bits per heavy atom. The molecule has 1 heterocycles. The van der Waals surface area contributed by atoms with Gasteiger partial charge in [-0.1, -0.05) is 329 Å². The second-order valence-corrected chi connectivity index (χ2v) is 25.0. The lowest BCUT2D eigenvalue weighted by Gasteiger charge is -2.40. The zero-order valence-electron chi connectivity index (χ0n) is 56.2. The molecular formula is C78H137NO8. The van der Waals surface area contributed by atoms with Gasteiger partial charge in [0, 0.05) is 6.42 Å². The van der Waals surface area contributed by atoms with E-state index in [9.17, 15) is 30.3 Å². The molecule has 1 amide bonds. The molecule has 0 spiro atoms. The molecule has 0 radical (unpaired) electrons. The van der Waals surface area contributed by atoms with E-state index < -0.39 is 49.5 Å². The van der Waals surface area contributed by atoms with E-state index in [4.69, 9.17) is 9.47 Å². The van der Waals surface area contributed by atoms with E-state index in [-0.39, 0.29) is 12.5 Å². The molecule has 0 aromatic carbocycles. The number of unbranched alkanes of at least 4 members (excludes halogenated alkanes) is 37. The first-order valence-electron chi connectivity index (χ1n) is 36.6. The van der Waals surface area contributed by atoms with Crippen molar-refractivity contribution in [1.82, 2.24) is 5.32 Å². The standard InChI is InChI=1S/C78H137NO8/c1-3-5-7-9-11-13-15-17-19-21-23-25-27-29-30-31-32-33-34-35-36-37-38-39-40-41-42-44-46-48-50-52-54-56-58-60-62-64-66-68-74(82)79-71(70-86-78-77(85)76(84)75(83)73(69-80)87-78)72(81)67-65-63-61-59-57-55-53-51-49-47-45-43-28-26-24-22-20-18-16-14-12-10-8-6-4-2/h5,7,11,13,17,19,23,25,29-30,32-33,49,51,57,59,65,67,71-73,75-78,80-81,83-85H,3-4,6,8-10,12,14-16,18,20-22,24,26-28,31,34-48,50,52-56,58,60-64,66,68-70H2,1-2H3,(H,79,82)/b7-5-,13-11-,19-17-,25-23-,30-29-,33-32-,51-49+,59-57+,67-65+. The molecule has 0 aliphatic carbocycles. The minimum absolute atomic E-state index is 0.189. The lowest BCUT2D eigenvalue weighted by atomic mass is 9.99. The molecule has 1 saturated heterocycles. The SMILES string of the molecule is CC/C=C\C/C=C\C/C=C\C/C=C\C/C=C\C/C=C\CCCCCCCCCCCCCCCCCCCCCCC(=O)NC(COC1OC(CO)C(O)C(O)C1O)C(O)/C=C/CC/C=C/CC/C=C/CCCCCCCCCCCCCCCCC. The Morgan fingerprint density at radius 1 is 0.402 bits per heavy atom. The van der Waals surface area contributed by atoms with Crippen molar-refractivity contribution in [2.75, 3.05) is 13.2 Å². The van der Waals surface area contributed by atoms with Gasteiger partial charge in [0.2, 0.25) is 5.91 Å². The highest BCUT2D eigenvalue weighted by Gasteiger charge is 2.44. The van der Waals surface area contributed by atoms with Crippen LogP contribution in [0.2, 0.25) is 0 Å². The van der Waals surface area contributed by atoms with Crippen LogP contribution in [0.1, 0.15) is 322 Å². The Balaban J connectivity index is 2.12. The van der Waals surface area contributed by atoms with Gasteiger partial charge in [0.15, 0.2) is 6.29 Å². The summed E-state index contributed by atoms with van der Waals surface area (Å²) < 4.78 is 11.3. The third-order valence-corrected chi connectivity index (χ3v) is 16.8. The van der Waals surface area contributed by atoms with Crippen molar-refractivity contribution in [3.8, 4) is 0 Å². The highest BCUT2D eigenvalue weighted by Crippen LogP contribution is 2.23.